The quantitative estimate of drug-likeness (QED) is 0.225. The monoisotopic (exact) mass is 521 g/mol. The van der Waals surface area contributed by atoms with Crippen molar-refractivity contribution in [2.45, 2.75) is 52.3 Å². The van der Waals surface area contributed by atoms with E-state index in [1.807, 2.05) is 39.8 Å². The van der Waals surface area contributed by atoms with Gasteiger partial charge in [0.15, 0.2) is 5.96 Å². The molecule has 0 bridgehead atoms. The average Bonchev–Trinajstić information content (AvgIpc) is 2.62. The molecule has 0 aliphatic carbocycles. The summed E-state index contributed by atoms with van der Waals surface area (Å²) in [6.45, 7) is 9.91. The Hall–Kier alpha value is -1.62. The lowest BCUT2D eigenvalue weighted by Crippen LogP contribution is -2.45. The molecule has 1 aromatic rings. The molecule has 1 rings (SSSR count). The molecule has 0 aliphatic heterocycles. The number of methoxy groups -OCH3 is 1. The Bertz CT molecular complexity index is 608. The summed E-state index contributed by atoms with van der Waals surface area (Å²) >= 11 is 0. The van der Waals surface area contributed by atoms with Gasteiger partial charge in [-0.2, -0.15) is 0 Å². The van der Waals surface area contributed by atoms with Gasteiger partial charge in [-0.15, -0.1) is 24.0 Å². The number of aromatic nitrogens is 1. The zero-order valence-electron chi connectivity index (χ0n) is 18.4. The molecule has 2 N–H and O–H groups in total. The molecule has 0 radical (unpaired) electrons. The molecule has 29 heavy (non-hydrogen) atoms. The number of carbonyl (C=O) groups excluding carboxylic acids is 1. The van der Waals surface area contributed by atoms with Gasteiger partial charge in [0.25, 0.3) is 0 Å². The van der Waals surface area contributed by atoms with Crippen molar-refractivity contribution in [2.24, 2.45) is 4.99 Å². The molecule has 166 valence electrons. The number of aliphatic imine (C=N–C) groups is 1. The van der Waals surface area contributed by atoms with Gasteiger partial charge >= 0.3 is 6.09 Å². The molecule has 1 amide bonds. The summed E-state index contributed by atoms with van der Waals surface area (Å²) in [5.74, 6) is 0.709. The Morgan fingerprint density at radius 2 is 2.10 bits per heavy atom. The van der Waals surface area contributed by atoms with Crippen molar-refractivity contribution >= 4 is 36.0 Å². The first-order chi connectivity index (χ1) is 13.2. The highest BCUT2D eigenvalue weighted by atomic mass is 127. The van der Waals surface area contributed by atoms with Crippen molar-refractivity contribution < 1.29 is 14.3 Å². The summed E-state index contributed by atoms with van der Waals surface area (Å²) in [5.41, 5.74) is 0.429. The van der Waals surface area contributed by atoms with Crippen LogP contribution in [-0.2, 0) is 16.0 Å². The number of rotatable bonds is 9. The summed E-state index contributed by atoms with van der Waals surface area (Å²) in [5, 5.41) is 6.51. The predicted octanol–water partition coefficient (Wildman–Crippen LogP) is 3.03. The molecular formula is C20H36IN5O3. The molecule has 9 heteroatoms. The van der Waals surface area contributed by atoms with Crippen molar-refractivity contribution in [3.63, 3.8) is 0 Å². The highest BCUT2D eigenvalue weighted by molar-refractivity contribution is 14.0. The zero-order chi connectivity index (χ0) is 21.0. The van der Waals surface area contributed by atoms with Crippen molar-refractivity contribution in [1.82, 2.24) is 20.5 Å². The van der Waals surface area contributed by atoms with Crippen molar-refractivity contribution in [3.8, 4) is 0 Å². The third-order valence-corrected chi connectivity index (χ3v) is 3.67. The Kier molecular flexibility index (Phi) is 13.6. The smallest absolute Gasteiger partial charge is 0.410 e. The normalized spacial score (nSPS) is 12.6. The standard InChI is InChI=1S/C20H35N5O3.HI/c1-16(15-27-6)24-18(21-5)23-11-8-12-25(19(26)28-20(2,3)4)14-17-9-7-10-22-13-17;/h7,9-10,13,16H,8,11-12,14-15H2,1-6H3,(H2,21,23,24);1H. The van der Waals surface area contributed by atoms with Gasteiger partial charge in [0.05, 0.1) is 13.2 Å². The van der Waals surface area contributed by atoms with E-state index in [4.69, 9.17) is 9.47 Å². The Labute approximate surface area is 191 Å². The maximum absolute atomic E-state index is 12.6. The molecule has 0 fully saturated rings. The largest absolute Gasteiger partial charge is 0.444 e. The van der Waals surface area contributed by atoms with E-state index in [-0.39, 0.29) is 36.1 Å². The van der Waals surface area contributed by atoms with E-state index in [2.05, 4.69) is 20.6 Å². The molecule has 0 aromatic carbocycles. The lowest BCUT2D eigenvalue weighted by Gasteiger charge is -2.27. The second-order valence-corrected chi connectivity index (χ2v) is 7.62. The molecule has 1 aromatic heterocycles. The number of guanidine groups is 1. The molecule has 0 saturated heterocycles. The van der Waals surface area contributed by atoms with E-state index in [1.54, 1.807) is 31.5 Å². The number of hydrogen-bond donors (Lipinski definition) is 2. The van der Waals surface area contributed by atoms with Crippen LogP contribution < -0.4 is 10.6 Å². The van der Waals surface area contributed by atoms with Crippen LogP contribution in [0.5, 0.6) is 0 Å². The van der Waals surface area contributed by atoms with Crippen LogP contribution in [-0.4, -0.2) is 67.4 Å². The number of carbonyl (C=O) groups is 1. The third kappa shape index (κ3) is 12.5. The first-order valence-corrected chi connectivity index (χ1v) is 9.58. The van der Waals surface area contributed by atoms with Gasteiger partial charge in [0, 0.05) is 45.7 Å². The second kappa shape index (κ2) is 14.4. The second-order valence-electron chi connectivity index (χ2n) is 7.62. The first kappa shape index (κ1) is 27.4. The fraction of sp³-hybridized carbons (Fsp3) is 0.650. The Morgan fingerprint density at radius 3 is 2.66 bits per heavy atom. The summed E-state index contributed by atoms with van der Waals surface area (Å²) < 4.78 is 10.7. The Balaban J connectivity index is 0.00000784. The number of nitrogens with one attached hydrogen (secondary N) is 2. The van der Waals surface area contributed by atoms with Crippen LogP contribution >= 0.6 is 24.0 Å². The van der Waals surface area contributed by atoms with Crippen LogP contribution in [0, 0.1) is 0 Å². The van der Waals surface area contributed by atoms with E-state index in [0.29, 0.717) is 32.2 Å². The minimum absolute atomic E-state index is 0. The van der Waals surface area contributed by atoms with Gasteiger partial charge in [0.2, 0.25) is 0 Å². The van der Waals surface area contributed by atoms with E-state index in [1.165, 1.54) is 0 Å². The van der Waals surface area contributed by atoms with Crippen LogP contribution in [0.4, 0.5) is 4.79 Å². The fourth-order valence-corrected chi connectivity index (χ4v) is 2.47. The zero-order valence-corrected chi connectivity index (χ0v) is 20.7. The van der Waals surface area contributed by atoms with Gasteiger partial charge in [-0.25, -0.2) is 4.79 Å². The lowest BCUT2D eigenvalue weighted by molar-refractivity contribution is 0.0232. The third-order valence-electron chi connectivity index (χ3n) is 3.67. The first-order valence-electron chi connectivity index (χ1n) is 9.58. The van der Waals surface area contributed by atoms with Crippen LogP contribution in [0.2, 0.25) is 0 Å². The van der Waals surface area contributed by atoms with Gasteiger partial charge < -0.3 is 25.0 Å². The molecule has 0 spiro atoms. The number of hydrogen-bond acceptors (Lipinski definition) is 5. The molecule has 8 nitrogen and oxygen atoms in total. The fourth-order valence-electron chi connectivity index (χ4n) is 2.47. The van der Waals surface area contributed by atoms with E-state index in [9.17, 15) is 4.79 Å². The van der Waals surface area contributed by atoms with Crippen LogP contribution in [0.25, 0.3) is 0 Å². The van der Waals surface area contributed by atoms with Crippen LogP contribution in [0.15, 0.2) is 29.5 Å². The van der Waals surface area contributed by atoms with Crippen LogP contribution in [0.3, 0.4) is 0 Å². The average molecular weight is 521 g/mol. The maximum Gasteiger partial charge on any atom is 0.410 e. The van der Waals surface area contributed by atoms with Crippen molar-refractivity contribution in [1.29, 1.82) is 0 Å². The number of amides is 1. The molecule has 1 unspecified atom stereocenters. The molecular weight excluding hydrogens is 485 g/mol. The lowest BCUT2D eigenvalue weighted by atomic mass is 10.2. The highest BCUT2D eigenvalue weighted by Crippen LogP contribution is 2.12. The number of ether oxygens (including phenoxy) is 2. The van der Waals surface area contributed by atoms with Crippen molar-refractivity contribution in [3.05, 3.63) is 30.1 Å². The van der Waals surface area contributed by atoms with Gasteiger partial charge in [-0.05, 0) is 45.7 Å². The number of nitrogens with zero attached hydrogens (tertiary/aromatic N) is 3. The highest BCUT2D eigenvalue weighted by Gasteiger charge is 2.22. The summed E-state index contributed by atoms with van der Waals surface area (Å²) in [6.07, 6.45) is 3.90. The van der Waals surface area contributed by atoms with Crippen LogP contribution in [0.1, 0.15) is 39.7 Å². The number of halogens is 1. The van der Waals surface area contributed by atoms with Gasteiger partial charge in [0.1, 0.15) is 5.60 Å². The summed E-state index contributed by atoms with van der Waals surface area (Å²) in [6, 6.07) is 3.96. The SMILES string of the molecule is CN=C(NCCCN(Cc1cccnc1)C(=O)OC(C)(C)C)NC(C)COC.I. The van der Waals surface area contributed by atoms with Gasteiger partial charge in [-0.3, -0.25) is 9.98 Å². The number of pyridine rings is 1. The maximum atomic E-state index is 12.6. The molecule has 1 heterocycles. The predicted molar refractivity (Wildman–Crippen MR) is 127 cm³/mol. The van der Waals surface area contributed by atoms with E-state index < -0.39 is 5.60 Å². The van der Waals surface area contributed by atoms with Crippen molar-refractivity contribution in [2.75, 3.05) is 33.9 Å². The minimum atomic E-state index is -0.536. The molecule has 1 atom stereocenters. The minimum Gasteiger partial charge on any atom is -0.444 e. The molecule has 0 saturated carbocycles. The summed E-state index contributed by atoms with van der Waals surface area (Å²) in [7, 11) is 3.39. The Morgan fingerprint density at radius 1 is 1.38 bits per heavy atom. The van der Waals surface area contributed by atoms with E-state index in [0.717, 1.165) is 12.0 Å². The van der Waals surface area contributed by atoms with E-state index >= 15 is 0 Å². The molecule has 0 aliphatic rings. The van der Waals surface area contributed by atoms with Gasteiger partial charge in [-0.1, -0.05) is 6.07 Å². The summed E-state index contributed by atoms with van der Waals surface area (Å²) in [4.78, 5) is 22.6. The topological polar surface area (TPSA) is 88.1 Å².